The molecule has 0 atom stereocenters. The van der Waals surface area contributed by atoms with Crippen LogP contribution in [0.2, 0.25) is 0 Å². The fourth-order valence-corrected chi connectivity index (χ4v) is 2.33. The minimum Gasteiger partial charge on any atom is -0.342 e. The summed E-state index contributed by atoms with van der Waals surface area (Å²) in [6, 6.07) is 0. The lowest BCUT2D eigenvalue weighted by atomic mass is 9.72. The Balaban J connectivity index is 2.46. The van der Waals surface area contributed by atoms with E-state index in [9.17, 15) is 4.79 Å². The van der Waals surface area contributed by atoms with Crippen molar-refractivity contribution in [3.05, 3.63) is 0 Å². The van der Waals surface area contributed by atoms with Gasteiger partial charge in [0, 0.05) is 13.1 Å². The molecule has 1 aliphatic heterocycles. The third-order valence-electron chi connectivity index (χ3n) is 4.04. The lowest BCUT2D eigenvalue weighted by molar-refractivity contribution is -0.131. The van der Waals surface area contributed by atoms with Gasteiger partial charge in [0.1, 0.15) is 0 Å². The first-order valence-corrected chi connectivity index (χ1v) is 5.99. The highest BCUT2D eigenvalue weighted by Crippen LogP contribution is 2.37. The average Bonchev–Trinajstić information content (AvgIpc) is 2.28. The number of carbonyl (C=O) groups is 1. The zero-order valence-electron chi connectivity index (χ0n) is 10.3. The Hall–Kier alpha value is -0.570. The second-order valence-electron chi connectivity index (χ2n) is 5.20. The van der Waals surface area contributed by atoms with Crippen molar-refractivity contribution in [1.82, 2.24) is 4.90 Å². The molecule has 2 N–H and O–H groups in total. The molecule has 1 amide bonds. The van der Waals surface area contributed by atoms with E-state index in [0.717, 1.165) is 31.8 Å². The van der Waals surface area contributed by atoms with Gasteiger partial charge in [0.05, 0.1) is 6.54 Å². The van der Waals surface area contributed by atoms with Crippen LogP contribution in [0.15, 0.2) is 0 Å². The molecule has 88 valence electrons. The predicted molar refractivity (Wildman–Crippen MR) is 62.4 cm³/mol. The van der Waals surface area contributed by atoms with Crippen molar-refractivity contribution in [3.63, 3.8) is 0 Å². The van der Waals surface area contributed by atoms with Crippen molar-refractivity contribution in [2.45, 2.75) is 40.0 Å². The molecule has 1 heterocycles. The summed E-state index contributed by atoms with van der Waals surface area (Å²) >= 11 is 0. The van der Waals surface area contributed by atoms with Crippen molar-refractivity contribution >= 4 is 5.91 Å². The number of nitrogens with zero attached hydrogens (tertiary/aromatic N) is 1. The van der Waals surface area contributed by atoms with E-state index >= 15 is 0 Å². The molecule has 1 saturated heterocycles. The lowest BCUT2D eigenvalue weighted by Gasteiger charge is -2.40. The van der Waals surface area contributed by atoms with Crippen LogP contribution in [-0.4, -0.2) is 30.4 Å². The van der Waals surface area contributed by atoms with E-state index in [1.165, 1.54) is 6.42 Å². The summed E-state index contributed by atoms with van der Waals surface area (Å²) in [7, 11) is 0. The molecule has 1 aliphatic rings. The average molecular weight is 212 g/mol. The summed E-state index contributed by atoms with van der Waals surface area (Å²) < 4.78 is 0. The minimum atomic E-state index is 0.0998. The van der Waals surface area contributed by atoms with E-state index < -0.39 is 0 Å². The molecule has 3 heteroatoms. The highest BCUT2D eigenvalue weighted by Gasteiger charge is 2.31. The third kappa shape index (κ3) is 2.94. The number of rotatable bonds is 3. The zero-order valence-corrected chi connectivity index (χ0v) is 10.3. The number of amides is 1. The maximum absolute atomic E-state index is 11.4. The van der Waals surface area contributed by atoms with Crippen molar-refractivity contribution < 1.29 is 4.79 Å². The van der Waals surface area contributed by atoms with Crippen molar-refractivity contribution in [3.8, 4) is 0 Å². The van der Waals surface area contributed by atoms with Crippen molar-refractivity contribution in [2.24, 2.45) is 17.1 Å². The molecule has 0 aromatic heterocycles. The number of piperidine rings is 1. The van der Waals surface area contributed by atoms with Crippen molar-refractivity contribution in [2.75, 3.05) is 19.6 Å². The fraction of sp³-hybridized carbons (Fsp3) is 0.917. The molecule has 1 rings (SSSR count). The number of nitrogens with two attached hydrogens (primary N) is 1. The second kappa shape index (κ2) is 4.97. The van der Waals surface area contributed by atoms with Crippen LogP contribution in [0.1, 0.15) is 40.0 Å². The molecular weight excluding hydrogens is 188 g/mol. The van der Waals surface area contributed by atoms with Gasteiger partial charge in [0.15, 0.2) is 0 Å². The van der Waals surface area contributed by atoms with Crippen LogP contribution in [0.25, 0.3) is 0 Å². The Morgan fingerprint density at radius 3 is 2.33 bits per heavy atom. The summed E-state index contributed by atoms with van der Waals surface area (Å²) in [4.78, 5) is 13.3. The maximum Gasteiger partial charge on any atom is 0.236 e. The molecule has 0 aromatic rings. The lowest BCUT2D eigenvalue weighted by Crippen LogP contribution is -2.44. The van der Waals surface area contributed by atoms with Gasteiger partial charge < -0.3 is 10.6 Å². The molecule has 1 fully saturated rings. The summed E-state index contributed by atoms with van der Waals surface area (Å²) in [5, 5.41) is 0. The molecule has 0 aliphatic carbocycles. The maximum atomic E-state index is 11.4. The largest absolute Gasteiger partial charge is 0.342 e. The van der Waals surface area contributed by atoms with Gasteiger partial charge in [0.2, 0.25) is 5.91 Å². The zero-order chi connectivity index (χ0) is 11.5. The normalized spacial score (nSPS) is 19.3. The van der Waals surface area contributed by atoms with Crippen LogP contribution in [0.4, 0.5) is 0 Å². The van der Waals surface area contributed by atoms with Crippen LogP contribution in [0.3, 0.4) is 0 Å². The summed E-state index contributed by atoms with van der Waals surface area (Å²) in [5.41, 5.74) is 5.77. The summed E-state index contributed by atoms with van der Waals surface area (Å²) in [5.74, 6) is 0.854. The molecule has 0 spiro atoms. The smallest absolute Gasteiger partial charge is 0.236 e. The van der Waals surface area contributed by atoms with Gasteiger partial charge in [-0.2, -0.15) is 0 Å². The summed E-state index contributed by atoms with van der Waals surface area (Å²) in [6.45, 7) is 8.85. The molecule has 15 heavy (non-hydrogen) atoms. The molecule has 0 unspecified atom stereocenters. The number of carbonyl (C=O) groups excluding carboxylic acids is 1. The number of hydrogen-bond acceptors (Lipinski definition) is 2. The predicted octanol–water partition coefficient (Wildman–Crippen LogP) is 1.62. The molecular formula is C12H24N2O. The second-order valence-corrected chi connectivity index (χ2v) is 5.20. The van der Waals surface area contributed by atoms with Gasteiger partial charge in [-0.05, 0) is 24.2 Å². The van der Waals surface area contributed by atoms with Crippen LogP contribution < -0.4 is 5.73 Å². The Labute approximate surface area is 93.0 Å². The fourth-order valence-electron chi connectivity index (χ4n) is 2.33. The third-order valence-corrected chi connectivity index (χ3v) is 4.04. The van der Waals surface area contributed by atoms with Crippen LogP contribution in [-0.2, 0) is 4.79 Å². The van der Waals surface area contributed by atoms with E-state index in [4.69, 9.17) is 5.73 Å². The molecule has 0 radical (unpaired) electrons. The van der Waals surface area contributed by atoms with Gasteiger partial charge in [-0.3, -0.25) is 4.79 Å². The standard InChI is InChI=1S/C12H24N2O/c1-4-12(2,3)10-5-7-14(8-6-10)11(15)9-13/h10H,4-9,13H2,1-3H3. The SMILES string of the molecule is CCC(C)(C)C1CCN(C(=O)CN)CC1. The van der Waals surface area contributed by atoms with Crippen molar-refractivity contribution in [1.29, 1.82) is 0 Å². The van der Waals surface area contributed by atoms with Crippen LogP contribution >= 0.6 is 0 Å². The Bertz CT molecular complexity index is 218. The topological polar surface area (TPSA) is 46.3 Å². The van der Waals surface area contributed by atoms with Crippen LogP contribution in [0.5, 0.6) is 0 Å². The van der Waals surface area contributed by atoms with E-state index in [1.54, 1.807) is 0 Å². The first-order chi connectivity index (χ1) is 7.01. The molecule has 0 aromatic carbocycles. The van der Waals surface area contributed by atoms with E-state index in [0.29, 0.717) is 5.41 Å². The highest BCUT2D eigenvalue weighted by molar-refractivity contribution is 5.78. The van der Waals surface area contributed by atoms with E-state index in [2.05, 4.69) is 20.8 Å². The van der Waals surface area contributed by atoms with E-state index in [1.807, 2.05) is 4.90 Å². The Kier molecular flexibility index (Phi) is 4.14. The van der Waals surface area contributed by atoms with Gasteiger partial charge >= 0.3 is 0 Å². The molecule has 3 nitrogen and oxygen atoms in total. The number of likely N-dealkylation sites (tertiary alicyclic amines) is 1. The Morgan fingerprint density at radius 1 is 1.40 bits per heavy atom. The highest BCUT2D eigenvalue weighted by atomic mass is 16.2. The first kappa shape index (κ1) is 12.5. The Morgan fingerprint density at radius 2 is 1.93 bits per heavy atom. The summed E-state index contributed by atoms with van der Waals surface area (Å²) in [6.07, 6.45) is 3.47. The number of hydrogen-bond donors (Lipinski definition) is 1. The minimum absolute atomic E-state index is 0.0998. The monoisotopic (exact) mass is 212 g/mol. The first-order valence-electron chi connectivity index (χ1n) is 5.99. The van der Waals surface area contributed by atoms with Gasteiger partial charge in [-0.1, -0.05) is 27.2 Å². The van der Waals surface area contributed by atoms with Gasteiger partial charge in [-0.15, -0.1) is 0 Å². The van der Waals surface area contributed by atoms with Gasteiger partial charge in [-0.25, -0.2) is 0 Å². The molecule has 0 saturated carbocycles. The molecule has 0 bridgehead atoms. The van der Waals surface area contributed by atoms with Crippen LogP contribution in [0, 0.1) is 11.3 Å². The van der Waals surface area contributed by atoms with E-state index in [-0.39, 0.29) is 12.5 Å². The van der Waals surface area contributed by atoms with Gasteiger partial charge in [0.25, 0.3) is 0 Å². The quantitative estimate of drug-likeness (QED) is 0.772.